The summed E-state index contributed by atoms with van der Waals surface area (Å²) in [5.41, 5.74) is 1.16. The Bertz CT molecular complexity index is 699. The van der Waals surface area contributed by atoms with E-state index in [1.54, 1.807) is 0 Å². The van der Waals surface area contributed by atoms with Gasteiger partial charge in [0.1, 0.15) is 0 Å². The SMILES string of the molecule is CC(C)CCC[C@@H](C)[C@H]1CCC2C3CCC4CC(CC(C)CC(=O)O)CC[C@]4(C)C3CC[C@@]21C. The highest BCUT2D eigenvalue weighted by atomic mass is 16.4. The summed E-state index contributed by atoms with van der Waals surface area (Å²) in [4.78, 5) is 11.1. The molecule has 0 spiro atoms. The molecule has 196 valence electrons. The zero-order valence-electron chi connectivity index (χ0n) is 23.5. The Morgan fingerprint density at radius 1 is 0.882 bits per heavy atom. The van der Waals surface area contributed by atoms with E-state index in [0.717, 1.165) is 53.8 Å². The van der Waals surface area contributed by atoms with Gasteiger partial charge in [0.2, 0.25) is 0 Å². The maximum atomic E-state index is 11.1. The van der Waals surface area contributed by atoms with Gasteiger partial charge in [-0.3, -0.25) is 4.79 Å². The Balaban J connectivity index is 1.39. The summed E-state index contributed by atoms with van der Waals surface area (Å²) >= 11 is 0. The van der Waals surface area contributed by atoms with Gasteiger partial charge in [0.15, 0.2) is 0 Å². The molecule has 0 aliphatic heterocycles. The Kier molecular flexibility index (Phi) is 8.16. The maximum Gasteiger partial charge on any atom is 0.303 e. The molecule has 2 nitrogen and oxygen atoms in total. The smallest absolute Gasteiger partial charge is 0.303 e. The van der Waals surface area contributed by atoms with E-state index in [2.05, 4.69) is 41.5 Å². The molecule has 0 heterocycles. The predicted octanol–water partition coefficient (Wildman–Crippen LogP) is 9.22. The molecular formula is C32H56O2. The molecule has 4 saturated carbocycles. The van der Waals surface area contributed by atoms with Gasteiger partial charge in [-0.25, -0.2) is 0 Å². The third-order valence-corrected chi connectivity index (χ3v) is 12.2. The van der Waals surface area contributed by atoms with Crippen LogP contribution in [0.1, 0.15) is 131 Å². The third kappa shape index (κ3) is 5.13. The van der Waals surface area contributed by atoms with Crippen LogP contribution in [0.5, 0.6) is 0 Å². The maximum absolute atomic E-state index is 11.1. The van der Waals surface area contributed by atoms with Crippen LogP contribution in [-0.4, -0.2) is 11.1 Å². The molecule has 0 saturated heterocycles. The topological polar surface area (TPSA) is 37.3 Å². The van der Waals surface area contributed by atoms with E-state index in [4.69, 9.17) is 0 Å². The molecule has 4 rings (SSSR count). The van der Waals surface area contributed by atoms with Gasteiger partial charge in [-0.05, 0) is 128 Å². The molecule has 34 heavy (non-hydrogen) atoms. The molecule has 0 radical (unpaired) electrons. The van der Waals surface area contributed by atoms with E-state index >= 15 is 0 Å². The number of carbonyl (C=O) groups is 1. The number of rotatable bonds is 9. The van der Waals surface area contributed by atoms with Crippen molar-refractivity contribution in [3.63, 3.8) is 0 Å². The van der Waals surface area contributed by atoms with Crippen molar-refractivity contribution in [3.8, 4) is 0 Å². The second kappa shape index (κ2) is 10.5. The van der Waals surface area contributed by atoms with Gasteiger partial charge in [0, 0.05) is 6.42 Å². The number of hydrogen-bond acceptors (Lipinski definition) is 1. The number of carboxylic acids is 1. The van der Waals surface area contributed by atoms with Crippen LogP contribution in [0.4, 0.5) is 0 Å². The standard InChI is InChI=1S/C32H56O2/c1-21(2)8-7-9-23(4)27-12-13-28-26-11-10-25-20-24(18-22(3)19-30(33)34)14-16-31(25,5)29(26)15-17-32(27,28)6/h21-29H,7-20H2,1-6H3,(H,33,34)/t22?,23-,24?,25?,26?,27-,28?,29?,31+,32-/m1/s1. The van der Waals surface area contributed by atoms with Crippen LogP contribution >= 0.6 is 0 Å². The summed E-state index contributed by atoms with van der Waals surface area (Å²) in [5.74, 6) is 6.99. The van der Waals surface area contributed by atoms with Crippen molar-refractivity contribution in [2.45, 2.75) is 131 Å². The van der Waals surface area contributed by atoms with Gasteiger partial charge in [0.05, 0.1) is 0 Å². The van der Waals surface area contributed by atoms with Crippen LogP contribution in [0, 0.1) is 64.1 Å². The second-order valence-electron chi connectivity index (χ2n) is 14.8. The molecule has 0 aromatic heterocycles. The lowest BCUT2D eigenvalue weighted by atomic mass is 9.44. The number of hydrogen-bond donors (Lipinski definition) is 1. The van der Waals surface area contributed by atoms with Crippen molar-refractivity contribution >= 4 is 5.97 Å². The summed E-state index contributed by atoms with van der Waals surface area (Å²) in [6.07, 6.45) is 18.8. The first-order valence-electron chi connectivity index (χ1n) is 15.3. The molecule has 4 fully saturated rings. The lowest BCUT2D eigenvalue weighted by molar-refractivity contribution is -0.138. The van der Waals surface area contributed by atoms with Crippen molar-refractivity contribution in [1.29, 1.82) is 0 Å². The monoisotopic (exact) mass is 472 g/mol. The fourth-order valence-electron chi connectivity index (χ4n) is 10.5. The summed E-state index contributed by atoms with van der Waals surface area (Å²) in [7, 11) is 0. The molecule has 4 aliphatic carbocycles. The molecule has 4 aliphatic rings. The fraction of sp³-hybridized carbons (Fsp3) is 0.969. The highest BCUT2D eigenvalue weighted by Gasteiger charge is 2.60. The van der Waals surface area contributed by atoms with Crippen LogP contribution in [0.2, 0.25) is 0 Å². The van der Waals surface area contributed by atoms with Crippen LogP contribution in [-0.2, 0) is 4.79 Å². The molecular weight excluding hydrogens is 416 g/mol. The first kappa shape index (κ1) is 26.5. The van der Waals surface area contributed by atoms with Gasteiger partial charge < -0.3 is 5.11 Å². The molecule has 0 aromatic carbocycles. The van der Waals surface area contributed by atoms with Gasteiger partial charge in [0.25, 0.3) is 0 Å². The highest BCUT2D eigenvalue weighted by molar-refractivity contribution is 5.66. The van der Waals surface area contributed by atoms with Gasteiger partial charge >= 0.3 is 5.97 Å². The van der Waals surface area contributed by atoms with E-state index in [-0.39, 0.29) is 0 Å². The average Bonchev–Trinajstić information content (AvgIpc) is 3.10. The predicted molar refractivity (Wildman–Crippen MR) is 143 cm³/mol. The summed E-state index contributed by atoms with van der Waals surface area (Å²) in [5, 5.41) is 9.18. The lowest BCUT2D eigenvalue weighted by Crippen LogP contribution is -2.53. The quantitative estimate of drug-likeness (QED) is 0.363. The largest absolute Gasteiger partial charge is 0.481 e. The molecule has 0 amide bonds. The minimum Gasteiger partial charge on any atom is -0.481 e. The zero-order valence-corrected chi connectivity index (χ0v) is 23.5. The Labute approximate surface area is 211 Å². The molecule has 0 bridgehead atoms. The first-order valence-corrected chi connectivity index (χ1v) is 15.3. The van der Waals surface area contributed by atoms with Crippen LogP contribution in [0.25, 0.3) is 0 Å². The van der Waals surface area contributed by atoms with E-state index in [9.17, 15) is 9.90 Å². The molecule has 10 atom stereocenters. The molecule has 6 unspecified atom stereocenters. The number of carboxylic acid groups (broad SMARTS) is 1. The Morgan fingerprint density at radius 2 is 1.59 bits per heavy atom. The molecule has 1 N–H and O–H groups in total. The van der Waals surface area contributed by atoms with Crippen molar-refractivity contribution in [2.24, 2.45) is 64.1 Å². The normalized spacial score (nSPS) is 43.6. The Hall–Kier alpha value is -0.530. The van der Waals surface area contributed by atoms with Crippen LogP contribution < -0.4 is 0 Å². The zero-order chi connectivity index (χ0) is 24.7. The third-order valence-electron chi connectivity index (χ3n) is 12.2. The van der Waals surface area contributed by atoms with Gasteiger partial charge in [-0.15, -0.1) is 0 Å². The van der Waals surface area contributed by atoms with E-state index < -0.39 is 5.97 Å². The van der Waals surface area contributed by atoms with E-state index in [1.165, 1.54) is 77.0 Å². The van der Waals surface area contributed by atoms with Crippen molar-refractivity contribution in [2.75, 3.05) is 0 Å². The van der Waals surface area contributed by atoms with Crippen molar-refractivity contribution in [3.05, 3.63) is 0 Å². The molecule has 0 aromatic rings. The van der Waals surface area contributed by atoms with Crippen LogP contribution in [0.3, 0.4) is 0 Å². The molecule has 2 heteroatoms. The van der Waals surface area contributed by atoms with Gasteiger partial charge in [-0.2, -0.15) is 0 Å². The number of aliphatic carboxylic acids is 1. The minimum atomic E-state index is -0.622. The van der Waals surface area contributed by atoms with E-state index in [0.29, 0.717) is 23.2 Å². The summed E-state index contributed by atoms with van der Waals surface area (Å²) in [6, 6.07) is 0. The van der Waals surface area contributed by atoms with Crippen molar-refractivity contribution in [1.82, 2.24) is 0 Å². The van der Waals surface area contributed by atoms with Crippen LogP contribution in [0.15, 0.2) is 0 Å². The number of fused-ring (bicyclic) bond motifs is 5. The minimum absolute atomic E-state index is 0.330. The summed E-state index contributed by atoms with van der Waals surface area (Å²) in [6.45, 7) is 14.9. The lowest BCUT2D eigenvalue weighted by Gasteiger charge is -2.61. The van der Waals surface area contributed by atoms with Crippen molar-refractivity contribution < 1.29 is 9.90 Å². The average molecular weight is 473 g/mol. The fourth-order valence-corrected chi connectivity index (χ4v) is 10.5. The Morgan fingerprint density at radius 3 is 2.29 bits per heavy atom. The first-order chi connectivity index (χ1) is 16.0. The van der Waals surface area contributed by atoms with Gasteiger partial charge in [-0.1, -0.05) is 60.8 Å². The highest BCUT2D eigenvalue weighted by Crippen LogP contribution is 2.68. The second-order valence-corrected chi connectivity index (χ2v) is 14.8. The van der Waals surface area contributed by atoms with E-state index in [1.807, 2.05) is 0 Å². The summed E-state index contributed by atoms with van der Waals surface area (Å²) < 4.78 is 0.